The zero-order valence-corrected chi connectivity index (χ0v) is 13.9. The third-order valence-corrected chi connectivity index (χ3v) is 4.44. The predicted octanol–water partition coefficient (Wildman–Crippen LogP) is 5.07. The van der Waals surface area contributed by atoms with Crippen molar-refractivity contribution in [1.82, 2.24) is 0 Å². The van der Waals surface area contributed by atoms with Gasteiger partial charge in [-0.1, -0.05) is 12.1 Å². The van der Waals surface area contributed by atoms with E-state index < -0.39 is 5.97 Å². The van der Waals surface area contributed by atoms with E-state index in [-0.39, 0.29) is 12.2 Å². The molecule has 24 heavy (non-hydrogen) atoms. The number of anilines is 2. The van der Waals surface area contributed by atoms with Crippen molar-refractivity contribution in [2.75, 3.05) is 11.6 Å². The Labute approximate surface area is 143 Å². The summed E-state index contributed by atoms with van der Waals surface area (Å²) >= 11 is 1.65. The minimum atomic E-state index is -0.897. The average Bonchev–Trinajstić information content (AvgIpc) is 2.55. The molecule has 0 saturated heterocycles. The first-order valence-electron chi connectivity index (χ1n) is 7.40. The van der Waals surface area contributed by atoms with E-state index in [9.17, 15) is 9.18 Å². The third kappa shape index (κ3) is 3.68. The number of halogens is 1. The number of benzene rings is 3. The Morgan fingerprint density at radius 2 is 1.88 bits per heavy atom. The zero-order valence-electron chi connectivity index (χ0n) is 13.0. The fourth-order valence-electron chi connectivity index (χ4n) is 2.60. The molecule has 0 heterocycles. The lowest BCUT2D eigenvalue weighted by Gasteiger charge is -2.13. The van der Waals surface area contributed by atoms with Crippen LogP contribution in [0.15, 0.2) is 59.5 Å². The molecule has 0 aliphatic heterocycles. The van der Waals surface area contributed by atoms with E-state index in [0.717, 1.165) is 21.4 Å². The summed E-state index contributed by atoms with van der Waals surface area (Å²) in [6, 6.07) is 15.9. The third-order valence-electron chi connectivity index (χ3n) is 3.70. The van der Waals surface area contributed by atoms with Gasteiger partial charge in [-0.15, -0.1) is 11.8 Å². The van der Waals surface area contributed by atoms with Crippen LogP contribution in [0.4, 0.5) is 15.8 Å². The van der Waals surface area contributed by atoms with Gasteiger partial charge in [0.2, 0.25) is 0 Å². The molecule has 0 saturated carbocycles. The number of rotatable bonds is 5. The van der Waals surface area contributed by atoms with Crippen LogP contribution >= 0.6 is 11.8 Å². The molecule has 0 bridgehead atoms. The highest BCUT2D eigenvalue weighted by Crippen LogP contribution is 2.30. The van der Waals surface area contributed by atoms with E-state index in [0.29, 0.717) is 11.3 Å². The lowest BCUT2D eigenvalue weighted by atomic mass is 10.0. The molecule has 122 valence electrons. The lowest BCUT2D eigenvalue weighted by Crippen LogP contribution is -2.01. The molecule has 3 rings (SSSR count). The molecule has 0 amide bonds. The Balaban J connectivity index is 2.05. The number of nitrogens with one attached hydrogen (secondary N) is 1. The molecule has 0 unspecified atom stereocenters. The first-order valence-corrected chi connectivity index (χ1v) is 8.63. The van der Waals surface area contributed by atoms with E-state index in [1.54, 1.807) is 30.0 Å². The molecule has 2 N–H and O–H groups in total. The number of carboxylic acid groups (broad SMARTS) is 1. The van der Waals surface area contributed by atoms with Crippen LogP contribution in [0.2, 0.25) is 0 Å². The molecule has 3 aromatic carbocycles. The first kappa shape index (κ1) is 16.3. The summed E-state index contributed by atoms with van der Waals surface area (Å²) in [4.78, 5) is 12.2. The number of aliphatic carboxylic acids is 1. The van der Waals surface area contributed by atoms with Gasteiger partial charge in [-0.05, 0) is 59.7 Å². The van der Waals surface area contributed by atoms with Gasteiger partial charge in [0.1, 0.15) is 5.82 Å². The van der Waals surface area contributed by atoms with Crippen molar-refractivity contribution in [2.45, 2.75) is 11.3 Å². The smallest absolute Gasteiger partial charge is 0.307 e. The fraction of sp³-hybridized carbons (Fsp3) is 0.105. The maximum Gasteiger partial charge on any atom is 0.307 e. The van der Waals surface area contributed by atoms with Gasteiger partial charge in [0, 0.05) is 21.7 Å². The van der Waals surface area contributed by atoms with Gasteiger partial charge in [0.25, 0.3) is 0 Å². The number of thioether (sulfide) groups is 1. The Bertz CT molecular complexity index is 894. The quantitative estimate of drug-likeness (QED) is 0.636. The molecular weight excluding hydrogens is 325 g/mol. The summed E-state index contributed by atoms with van der Waals surface area (Å²) in [5.74, 6) is -1.22. The first-order chi connectivity index (χ1) is 11.5. The van der Waals surface area contributed by atoms with E-state index in [1.165, 1.54) is 12.1 Å². The molecular formula is C19H16FNO2S. The highest BCUT2D eigenvalue weighted by Gasteiger charge is 2.09. The van der Waals surface area contributed by atoms with Crippen molar-refractivity contribution in [3.63, 3.8) is 0 Å². The van der Waals surface area contributed by atoms with E-state index in [2.05, 4.69) is 5.32 Å². The maximum absolute atomic E-state index is 13.6. The largest absolute Gasteiger partial charge is 0.481 e. The molecule has 3 aromatic rings. The summed E-state index contributed by atoms with van der Waals surface area (Å²) in [5, 5.41) is 13.8. The molecule has 0 aliphatic carbocycles. The number of hydrogen-bond donors (Lipinski definition) is 2. The van der Waals surface area contributed by atoms with Crippen molar-refractivity contribution < 1.29 is 14.3 Å². The van der Waals surface area contributed by atoms with E-state index in [1.807, 2.05) is 30.5 Å². The van der Waals surface area contributed by atoms with Crippen LogP contribution in [0.1, 0.15) is 5.56 Å². The van der Waals surface area contributed by atoms with Crippen molar-refractivity contribution >= 4 is 39.9 Å². The molecule has 0 aromatic heterocycles. The van der Waals surface area contributed by atoms with Crippen LogP contribution in [-0.4, -0.2) is 17.3 Å². The SMILES string of the molecule is CSc1ccc(Nc2cc(CC(=O)O)cc3ccc(F)cc23)cc1. The van der Waals surface area contributed by atoms with Crippen LogP contribution < -0.4 is 5.32 Å². The Morgan fingerprint density at radius 3 is 2.54 bits per heavy atom. The summed E-state index contributed by atoms with van der Waals surface area (Å²) < 4.78 is 13.6. The second-order valence-corrected chi connectivity index (χ2v) is 6.31. The van der Waals surface area contributed by atoms with E-state index >= 15 is 0 Å². The van der Waals surface area contributed by atoms with Crippen LogP contribution in [0.5, 0.6) is 0 Å². The van der Waals surface area contributed by atoms with Gasteiger partial charge < -0.3 is 10.4 Å². The topological polar surface area (TPSA) is 49.3 Å². The molecule has 5 heteroatoms. The molecule has 3 nitrogen and oxygen atoms in total. The van der Waals surface area contributed by atoms with Gasteiger partial charge in [-0.25, -0.2) is 4.39 Å². The van der Waals surface area contributed by atoms with Gasteiger partial charge >= 0.3 is 5.97 Å². The highest BCUT2D eigenvalue weighted by atomic mass is 32.2. The normalized spacial score (nSPS) is 10.8. The summed E-state index contributed by atoms with van der Waals surface area (Å²) in [5.41, 5.74) is 2.23. The van der Waals surface area contributed by atoms with Gasteiger partial charge in [0.15, 0.2) is 0 Å². The van der Waals surface area contributed by atoms with Gasteiger partial charge in [0.05, 0.1) is 6.42 Å². The average molecular weight is 341 g/mol. The molecule has 0 radical (unpaired) electrons. The maximum atomic E-state index is 13.6. The van der Waals surface area contributed by atoms with Gasteiger partial charge in [-0.2, -0.15) is 0 Å². The lowest BCUT2D eigenvalue weighted by molar-refractivity contribution is -0.136. The molecule has 0 aliphatic rings. The van der Waals surface area contributed by atoms with Crippen LogP contribution in [0.3, 0.4) is 0 Å². The number of fused-ring (bicyclic) bond motifs is 1. The molecule has 0 spiro atoms. The van der Waals surface area contributed by atoms with E-state index in [4.69, 9.17) is 5.11 Å². The van der Waals surface area contributed by atoms with Crippen molar-refractivity contribution in [3.05, 3.63) is 66.0 Å². The van der Waals surface area contributed by atoms with Crippen molar-refractivity contribution in [3.8, 4) is 0 Å². The monoisotopic (exact) mass is 341 g/mol. The van der Waals surface area contributed by atoms with Crippen molar-refractivity contribution in [2.24, 2.45) is 0 Å². The van der Waals surface area contributed by atoms with Crippen LogP contribution in [-0.2, 0) is 11.2 Å². The molecule has 0 fully saturated rings. The van der Waals surface area contributed by atoms with Crippen LogP contribution in [0, 0.1) is 5.82 Å². The standard InChI is InChI=1S/C19H16FNO2S/c1-24-16-6-4-15(5-7-16)21-18-9-12(10-19(22)23)8-13-2-3-14(20)11-17(13)18/h2-9,11,21H,10H2,1H3,(H,22,23). The Hall–Kier alpha value is -2.53. The second kappa shape index (κ2) is 6.93. The Morgan fingerprint density at radius 1 is 1.12 bits per heavy atom. The number of hydrogen-bond acceptors (Lipinski definition) is 3. The highest BCUT2D eigenvalue weighted by molar-refractivity contribution is 7.98. The number of carboxylic acids is 1. The Kier molecular flexibility index (Phi) is 4.71. The van der Waals surface area contributed by atoms with Crippen molar-refractivity contribution in [1.29, 1.82) is 0 Å². The zero-order chi connectivity index (χ0) is 17.1. The number of carbonyl (C=O) groups is 1. The second-order valence-electron chi connectivity index (χ2n) is 5.43. The minimum absolute atomic E-state index is 0.0760. The minimum Gasteiger partial charge on any atom is -0.481 e. The summed E-state index contributed by atoms with van der Waals surface area (Å²) in [7, 11) is 0. The summed E-state index contributed by atoms with van der Waals surface area (Å²) in [6.45, 7) is 0. The molecule has 0 atom stereocenters. The van der Waals surface area contributed by atoms with Crippen LogP contribution in [0.25, 0.3) is 10.8 Å². The summed E-state index contributed by atoms with van der Waals surface area (Å²) in [6.07, 6.45) is 1.93. The fourth-order valence-corrected chi connectivity index (χ4v) is 3.01. The van der Waals surface area contributed by atoms with Gasteiger partial charge in [-0.3, -0.25) is 4.79 Å². The predicted molar refractivity (Wildman–Crippen MR) is 96.8 cm³/mol.